The van der Waals surface area contributed by atoms with Crippen molar-refractivity contribution >= 4 is 11.9 Å². The molecule has 1 unspecified atom stereocenters. The lowest BCUT2D eigenvalue weighted by molar-refractivity contribution is -0.130. The molecule has 1 aliphatic rings. The molecule has 0 spiro atoms. The number of aromatic nitrogens is 2. The van der Waals surface area contributed by atoms with E-state index >= 15 is 0 Å². The van der Waals surface area contributed by atoms with Gasteiger partial charge in [0.1, 0.15) is 5.54 Å². The van der Waals surface area contributed by atoms with Crippen molar-refractivity contribution in [1.29, 1.82) is 5.26 Å². The molecule has 0 saturated heterocycles. The molecule has 2 rings (SSSR count). The van der Waals surface area contributed by atoms with E-state index in [9.17, 15) is 14.9 Å². The smallest absolute Gasteiger partial charge is 0.359 e. The summed E-state index contributed by atoms with van der Waals surface area (Å²) >= 11 is 0. The average molecular weight is 316 g/mol. The molecule has 1 amide bonds. The van der Waals surface area contributed by atoms with Crippen LogP contribution in [-0.2, 0) is 9.53 Å². The maximum Gasteiger partial charge on any atom is 0.359 e. The minimum absolute atomic E-state index is 0.0444. The highest BCUT2D eigenvalue weighted by Gasteiger charge is 2.35. The maximum atomic E-state index is 12.2. The van der Waals surface area contributed by atoms with Gasteiger partial charge in [-0.25, -0.2) is 9.78 Å². The third kappa shape index (κ3) is 4.25. The first-order chi connectivity index (χ1) is 11.0. The minimum atomic E-state index is -1.00. The van der Waals surface area contributed by atoms with Gasteiger partial charge < -0.3 is 10.1 Å². The fraction of sp³-hybridized carbons (Fsp3) is 0.562. The van der Waals surface area contributed by atoms with Crippen LogP contribution in [0.3, 0.4) is 0 Å². The van der Waals surface area contributed by atoms with Gasteiger partial charge in [-0.15, -0.1) is 0 Å². The Bertz CT molecular complexity index is 615. The molecule has 1 saturated carbocycles. The number of nitriles is 1. The summed E-state index contributed by atoms with van der Waals surface area (Å²) in [5, 5.41) is 12.1. The molecule has 1 fully saturated rings. The van der Waals surface area contributed by atoms with Crippen LogP contribution in [0.2, 0.25) is 0 Å². The van der Waals surface area contributed by atoms with Gasteiger partial charge >= 0.3 is 5.97 Å². The van der Waals surface area contributed by atoms with Crippen LogP contribution >= 0.6 is 0 Å². The molecule has 0 bridgehead atoms. The fourth-order valence-corrected chi connectivity index (χ4v) is 2.53. The summed E-state index contributed by atoms with van der Waals surface area (Å²) in [6.07, 6.45) is 5.88. The van der Waals surface area contributed by atoms with Crippen molar-refractivity contribution in [3.63, 3.8) is 0 Å². The predicted octanol–water partition coefficient (Wildman–Crippen LogP) is 1.67. The number of nitrogens with one attached hydrogen (secondary N) is 1. The second kappa shape index (κ2) is 7.18. The maximum absolute atomic E-state index is 12.2. The first-order valence-corrected chi connectivity index (χ1v) is 7.69. The van der Waals surface area contributed by atoms with E-state index in [1.54, 1.807) is 6.92 Å². The second-order valence-corrected chi connectivity index (χ2v) is 5.83. The Morgan fingerprint density at radius 2 is 2.00 bits per heavy atom. The van der Waals surface area contributed by atoms with Gasteiger partial charge in [-0.3, -0.25) is 9.78 Å². The zero-order valence-electron chi connectivity index (χ0n) is 13.3. The van der Waals surface area contributed by atoms with Crippen molar-refractivity contribution in [1.82, 2.24) is 15.3 Å². The molecule has 1 aromatic heterocycles. The molecule has 1 N–H and O–H groups in total. The molecule has 7 heteroatoms. The van der Waals surface area contributed by atoms with Crippen molar-refractivity contribution in [2.24, 2.45) is 0 Å². The lowest BCUT2D eigenvalue weighted by Crippen LogP contribution is -2.52. The summed E-state index contributed by atoms with van der Waals surface area (Å²) in [5.74, 6) is -1.18. The zero-order chi connectivity index (χ0) is 16.9. The Morgan fingerprint density at radius 1 is 1.30 bits per heavy atom. The van der Waals surface area contributed by atoms with Crippen molar-refractivity contribution < 1.29 is 14.3 Å². The molecule has 1 aromatic rings. The molecule has 1 heterocycles. The lowest BCUT2D eigenvalue weighted by Gasteiger charge is -2.32. The number of carbonyl (C=O) groups excluding carboxylic acids is 2. The van der Waals surface area contributed by atoms with Gasteiger partial charge in [0.05, 0.1) is 18.0 Å². The number of hydrogen-bond acceptors (Lipinski definition) is 6. The third-order valence-electron chi connectivity index (χ3n) is 3.93. The largest absolute Gasteiger partial charge is 0.448 e. The number of rotatable bonds is 4. The van der Waals surface area contributed by atoms with Crippen LogP contribution < -0.4 is 5.32 Å². The van der Waals surface area contributed by atoms with Crippen LogP contribution in [0.5, 0.6) is 0 Å². The Kier molecular flexibility index (Phi) is 5.27. The molecule has 7 nitrogen and oxygen atoms in total. The van der Waals surface area contributed by atoms with E-state index in [0.29, 0.717) is 18.5 Å². The second-order valence-electron chi connectivity index (χ2n) is 5.83. The number of nitrogens with zero attached hydrogens (tertiary/aromatic N) is 3. The zero-order valence-corrected chi connectivity index (χ0v) is 13.3. The van der Waals surface area contributed by atoms with E-state index in [1.807, 2.05) is 0 Å². The average Bonchev–Trinajstić information content (AvgIpc) is 2.56. The molecule has 0 aromatic carbocycles. The molecular weight excluding hydrogens is 296 g/mol. The SMILES string of the molecule is Cc1cnc(C(=O)OC(C)C(=O)NC2(C#N)CCCCC2)cn1. The number of hydrogen-bond donors (Lipinski definition) is 1. The number of carbonyl (C=O) groups is 2. The van der Waals surface area contributed by atoms with Gasteiger partial charge in [0.15, 0.2) is 11.8 Å². The van der Waals surface area contributed by atoms with Gasteiger partial charge in [0.25, 0.3) is 5.91 Å². The monoisotopic (exact) mass is 316 g/mol. The van der Waals surface area contributed by atoms with Crippen molar-refractivity contribution in [2.75, 3.05) is 0 Å². The highest BCUT2D eigenvalue weighted by Crippen LogP contribution is 2.27. The van der Waals surface area contributed by atoms with Crippen LogP contribution in [0.15, 0.2) is 12.4 Å². The highest BCUT2D eigenvalue weighted by atomic mass is 16.5. The minimum Gasteiger partial charge on any atom is -0.448 e. The number of ether oxygens (including phenoxy) is 1. The number of esters is 1. The summed E-state index contributed by atoms with van der Waals surface area (Å²) in [6, 6.07) is 2.20. The molecule has 122 valence electrons. The van der Waals surface area contributed by atoms with Gasteiger partial charge in [-0.05, 0) is 26.7 Å². The van der Waals surface area contributed by atoms with Crippen LogP contribution in [0.1, 0.15) is 55.2 Å². The molecule has 0 aliphatic heterocycles. The Labute approximate surface area is 135 Å². The van der Waals surface area contributed by atoms with Crippen LogP contribution in [-0.4, -0.2) is 33.5 Å². The summed E-state index contributed by atoms with van der Waals surface area (Å²) in [7, 11) is 0. The van der Waals surface area contributed by atoms with E-state index in [1.165, 1.54) is 19.3 Å². The van der Waals surface area contributed by atoms with E-state index in [-0.39, 0.29) is 5.69 Å². The highest BCUT2D eigenvalue weighted by molar-refractivity contribution is 5.90. The standard InChI is InChI=1S/C16H20N4O3/c1-11-8-19-13(9-18-11)15(22)23-12(2)14(21)20-16(10-17)6-4-3-5-7-16/h8-9,12H,3-7H2,1-2H3,(H,20,21). The molecule has 1 atom stereocenters. The van der Waals surface area contributed by atoms with E-state index in [4.69, 9.17) is 4.74 Å². The van der Waals surface area contributed by atoms with Gasteiger partial charge in [0, 0.05) is 6.20 Å². The van der Waals surface area contributed by atoms with Crippen molar-refractivity contribution in [3.8, 4) is 6.07 Å². The quantitative estimate of drug-likeness (QED) is 0.847. The van der Waals surface area contributed by atoms with Crippen LogP contribution in [0.25, 0.3) is 0 Å². The Morgan fingerprint density at radius 3 is 2.57 bits per heavy atom. The van der Waals surface area contributed by atoms with Gasteiger partial charge in [0.2, 0.25) is 0 Å². The van der Waals surface area contributed by atoms with Crippen molar-refractivity contribution in [2.45, 2.75) is 57.6 Å². The first-order valence-electron chi connectivity index (χ1n) is 7.69. The number of amides is 1. The van der Waals surface area contributed by atoms with Crippen LogP contribution in [0, 0.1) is 18.3 Å². The van der Waals surface area contributed by atoms with Gasteiger partial charge in [-0.1, -0.05) is 19.3 Å². The molecule has 1 aliphatic carbocycles. The molecule has 23 heavy (non-hydrogen) atoms. The third-order valence-corrected chi connectivity index (χ3v) is 3.93. The summed E-state index contributed by atoms with van der Waals surface area (Å²) in [4.78, 5) is 32.0. The topological polar surface area (TPSA) is 105 Å². The van der Waals surface area contributed by atoms with E-state index < -0.39 is 23.5 Å². The lowest BCUT2D eigenvalue weighted by atomic mass is 9.83. The molecular formula is C16H20N4O3. The summed E-state index contributed by atoms with van der Waals surface area (Å²) < 4.78 is 5.11. The Balaban J connectivity index is 1.95. The fourth-order valence-electron chi connectivity index (χ4n) is 2.53. The normalized spacial score (nSPS) is 17.6. The van der Waals surface area contributed by atoms with E-state index in [0.717, 1.165) is 19.3 Å². The molecule has 0 radical (unpaired) electrons. The predicted molar refractivity (Wildman–Crippen MR) is 81.2 cm³/mol. The van der Waals surface area contributed by atoms with Crippen molar-refractivity contribution in [3.05, 3.63) is 23.8 Å². The summed E-state index contributed by atoms with van der Waals surface area (Å²) in [5.41, 5.74) is -0.122. The summed E-state index contributed by atoms with van der Waals surface area (Å²) in [6.45, 7) is 3.23. The van der Waals surface area contributed by atoms with Crippen LogP contribution in [0.4, 0.5) is 0 Å². The first kappa shape index (κ1) is 16.9. The number of aryl methyl sites for hydroxylation is 1. The van der Waals surface area contributed by atoms with Gasteiger partial charge in [-0.2, -0.15) is 5.26 Å². The van der Waals surface area contributed by atoms with E-state index in [2.05, 4.69) is 21.4 Å². The Hall–Kier alpha value is -2.49.